The summed E-state index contributed by atoms with van der Waals surface area (Å²) in [5.41, 5.74) is 2.85. The topological polar surface area (TPSA) is 68.0 Å². The van der Waals surface area contributed by atoms with Crippen LogP contribution in [-0.4, -0.2) is 50.8 Å². The van der Waals surface area contributed by atoms with Gasteiger partial charge in [0.05, 0.1) is 12.2 Å². The molecule has 1 N–H and O–H groups in total. The Morgan fingerprint density at radius 3 is 2.81 bits per heavy atom. The first kappa shape index (κ1) is 16.5. The second kappa shape index (κ2) is 6.76. The van der Waals surface area contributed by atoms with Crippen molar-refractivity contribution in [2.75, 3.05) is 20.6 Å². The maximum Gasteiger partial charge on any atom is 0.249 e. The average molecular weight is 350 g/mol. The minimum absolute atomic E-state index is 0.00101. The van der Waals surface area contributed by atoms with Crippen molar-refractivity contribution in [3.05, 3.63) is 60.0 Å². The number of carbonyl (C=O) groups excluding carboxylic acids is 1. The van der Waals surface area contributed by atoms with Crippen molar-refractivity contribution in [1.82, 2.24) is 29.5 Å². The van der Waals surface area contributed by atoms with Crippen molar-refractivity contribution in [2.45, 2.75) is 19.1 Å². The zero-order valence-corrected chi connectivity index (χ0v) is 15.0. The highest BCUT2D eigenvalue weighted by atomic mass is 16.2. The van der Waals surface area contributed by atoms with Gasteiger partial charge in [0.15, 0.2) is 5.82 Å². The van der Waals surface area contributed by atoms with Crippen molar-refractivity contribution in [2.24, 2.45) is 0 Å². The number of hydrogen-bond donors (Lipinski definition) is 1. The minimum Gasteiger partial charge on any atom is -0.347 e. The normalized spacial score (nSPS) is 14.7. The molecule has 26 heavy (non-hydrogen) atoms. The van der Waals surface area contributed by atoms with Crippen molar-refractivity contribution >= 4 is 5.91 Å². The van der Waals surface area contributed by atoms with Crippen LogP contribution in [0.2, 0.25) is 0 Å². The van der Waals surface area contributed by atoms with Crippen LogP contribution in [0.5, 0.6) is 0 Å². The van der Waals surface area contributed by atoms with Crippen LogP contribution >= 0.6 is 0 Å². The number of hydrogen-bond acceptors (Lipinski definition) is 4. The van der Waals surface area contributed by atoms with Gasteiger partial charge in [-0.15, -0.1) is 0 Å². The Bertz CT molecular complexity index is 888. The van der Waals surface area contributed by atoms with Crippen LogP contribution in [0.15, 0.2) is 48.8 Å². The molecule has 0 unspecified atom stereocenters. The van der Waals surface area contributed by atoms with Gasteiger partial charge in [0.1, 0.15) is 11.7 Å². The molecule has 1 aliphatic rings. The fourth-order valence-electron chi connectivity index (χ4n) is 3.32. The summed E-state index contributed by atoms with van der Waals surface area (Å²) in [4.78, 5) is 19.1. The van der Waals surface area contributed by atoms with Gasteiger partial charge in [0.25, 0.3) is 0 Å². The maximum absolute atomic E-state index is 13.0. The highest BCUT2D eigenvalue weighted by Crippen LogP contribution is 2.27. The van der Waals surface area contributed by atoms with E-state index >= 15 is 0 Å². The van der Waals surface area contributed by atoms with E-state index in [0.29, 0.717) is 5.82 Å². The Morgan fingerprint density at radius 1 is 1.27 bits per heavy atom. The molecule has 1 aliphatic heterocycles. The largest absolute Gasteiger partial charge is 0.347 e. The minimum atomic E-state index is -0.472. The number of aromatic nitrogens is 4. The van der Waals surface area contributed by atoms with Crippen LogP contribution in [0.25, 0.3) is 11.5 Å². The van der Waals surface area contributed by atoms with E-state index in [9.17, 15) is 4.79 Å². The van der Waals surface area contributed by atoms with Gasteiger partial charge in [0.2, 0.25) is 5.91 Å². The Morgan fingerprint density at radius 2 is 2.08 bits per heavy atom. The number of fused-ring (bicyclic) bond motifs is 1. The van der Waals surface area contributed by atoms with Gasteiger partial charge >= 0.3 is 0 Å². The van der Waals surface area contributed by atoms with Gasteiger partial charge < -0.3 is 14.8 Å². The smallest absolute Gasteiger partial charge is 0.249 e. The molecule has 3 aromatic rings. The van der Waals surface area contributed by atoms with Crippen molar-refractivity contribution in [3.8, 4) is 11.5 Å². The lowest BCUT2D eigenvalue weighted by Gasteiger charge is -2.23. The molecule has 4 rings (SSSR count). The third kappa shape index (κ3) is 2.90. The molecule has 1 amide bonds. The number of imidazole rings is 1. The number of carbonyl (C=O) groups is 1. The van der Waals surface area contributed by atoms with Crippen LogP contribution < -0.4 is 5.32 Å². The van der Waals surface area contributed by atoms with Gasteiger partial charge in [0, 0.05) is 39.6 Å². The van der Waals surface area contributed by atoms with Crippen molar-refractivity contribution < 1.29 is 4.79 Å². The zero-order chi connectivity index (χ0) is 18.1. The van der Waals surface area contributed by atoms with Gasteiger partial charge in [-0.1, -0.05) is 30.3 Å². The van der Waals surface area contributed by atoms with Gasteiger partial charge in [-0.05, 0) is 11.6 Å². The first-order valence-corrected chi connectivity index (χ1v) is 8.72. The first-order chi connectivity index (χ1) is 12.6. The maximum atomic E-state index is 13.0. The Hall–Kier alpha value is -2.93. The van der Waals surface area contributed by atoms with Gasteiger partial charge in [-0.3, -0.25) is 9.48 Å². The predicted octanol–water partition coefficient (Wildman–Crippen LogP) is 1.53. The number of likely N-dealkylation sites (N-methyl/N-ethyl adjacent to an activating group) is 1. The van der Waals surface area contributed by atoms with E-state index in [4.69, 9.17) is 5.10 Å². The van der Waals surface area contributed by atoms with Crippen LogP contribution in [0.3, 0.4) is 0 Å². The molecule has 0 saturated heterocycles. The highest BCUT2D eigenvalue weighted by Gasteiger charge is 2.27. The number of amides is 1. The van der Waals surface area contributed by atoms with E-state index in [1.165, 1.54) is 0 Å². The fraction of sp³-hybridized carbons (Fsp3) is 0.316. The Balaban J connectivity index is 1.80. The lowest BCUT2D eigenvalue weighted by molar-refractivity contribution is -0.130. The molecule has 134 valence electrons. The standard InChI is InChI=1S/C19H22N6O/c1-23(2)19(26)17(14-6-4-3-5-7-14)24-10-9-21-18(24)16-12-15-13-20-8-11-25(15)22-16/h3-7,9-10,12,17,20H,8,11,13H2,1-2H3/t17-/m1/s1. The third-order valence-electron chi connectivity index (χ3n) is 4.64. The second-order valence-corrected chi connectivity index (χ2v) is 6.62. The molecule has 0 bridgehead atoms. The van der Waals surface area contributed by atoms with Crippen LogP contribution in [0.1, 0.15) is 17.3 Å². The monoisotopic (exact) mass is 350 g/mol. The highest BCUT2D eigenvalue weighted by molar-refractivity contribution is 5.84. The van der Waals surface area contributed by atoms with E-state index in [-0.39, 0.29) is 5.91 Å². The summed E-state index contributed by atoms with van der Waals surface area (Å²) in [7, 11) is 3.55. The van der Waals surface area contributed by atoms with Crippen LogP contribution in [0, 0.1) is 0 Å². The summed E-state index contributed by atoms with van der Waals surface area (Å²) < 4.78 is 3.93. The fourth-order valence-corrected chi connectivity index (χ4v) is 3.32. The van der Waals surface area contributed by atoms with E-state index < -0.39 is 6.04 Å². The molecule has 0 spiro atoms. The summed E-state index contributed by atoms with van der Waals surface area (Å²) in [5, 5.41) is 8.05. The molecule has 1 atom stereocenters. The van der Waals surface area contributed by atoms with Gasteiger partial charge in [-0.25, -0.2) is 4.98 Å². The summed E-state index contributed by atoms with van der Waals surface area (Å²) in [6.07, 6.45) is 3.58. The quantitative estimate of drug-likeness (QED) is 0.775. The predicted molar refractivity (Wildman–Crippen MR) is 98.4 cm³/mol. The molecule has 1 aromatic carbocycles. The molecule has 0 saturated carbocycles. The summed E-state index contributed by atoms with van der Waals surface area (Å²) in [6.45, 7) is 2.55. The Labute approximate surface area is 152 Å². The summed E-state index contributed by atoms with van der Waals surface area (Å²) >= 11 is 0. The number of nitrogens with one attached hydrogen (secondary N) is 1. The Kier molecular flexibility index (Phi) is 4.30. The SMILES string of the molecule is CN(C)C(=O)[C@@H](c1ccccc1)n1ccnc1-c1cc2n(n1)CCNC2. The lowest BCUT2D eigenvalue weighted by atomic mass is 10.1. The average Bonchev–Trinajstić information content (AvgIpc) is 3.29. The molecule has 3 heterocycles. The van der Waals surface area contributed by atoms with Crippen LogP contribution in [0.4, 0.5) is 0 Å². The van der Waals surface area contributed by atoms with Crippen molar-refractivity contribution in [3.63, 3.8) is 0 Å². The first-order valence-electron chi connectivity index (χ1n) is 8.72. The van der Waals surface area contributed by atoms with E-state index in [1.807, 2.05) is 51.8 Å². The molecule has 0 radical (unpaired) electrons. The molecule has 7 heteroatoms. The summed E-state index contributed by atoms with van der Waals surface area (Å²) in [5.74, 6) is 0.706. The van der Waals surface area contributed by atoms with Crippen molar-refractivity contribution in [1.29, 1.82) is 0 Å². The zero-order valence-electron chi connectivity index (χ0n) is 15.0. The molecular formula is C19H22N6O. The number of rotatable bonds is 4. The van der Waals surface area contributed by atoms with Crippen LogP contribution in [-0.2, 0) is 17.9 Å². The molecule has 0 fully saturated rings. The molecular weight excluding hydrogens is 328 g/mol. The molecule has 7 nitrogen and oxygen atoms in total. The molecule has 2 aromatic heterocycles. The number of nitrogens with zero attached hydrogens (tertiary/aromatic N) is 5. The van der Waals surface area contributed by atoms with Gasteiger partial charge in [-0.2, -0.15) is 5.10 Å². The second-order valence-electron chi connectivity index (χ2n) is 6.62. The summed E-state index contributed by atoms with van der Waals surface area (Å²) in [6, 6.07) is 11.4. The number of benzene rings is 1. The molecule has 0 aliphatic carbocycles. The lowest BCUT2D eigenvalue weighted by Crippen LogP contribution is -2.32. The third-order valence-corrected chi connectivity index (χ3v) is 4.64. The van der Waals surface area contributed by atoms with E-state index in [1.54, 1.807) is 25.2 Å². The van der Waals surface area contributed by atoms with E-state index in [2.05, 4.69) is 10.3 Å². The van der Waals surface area contributed by atoms with E-state index in [0.717, 1.165) is 36.6 Å².